The van der Waals surface area contributed by atoms with E-state index in [1.165, 1.54) is 42.4 Å². The molecular weight excluding hydrogens is 610 g/mol. The predicted molar refractivity (Wildman–Crippen MR) is 197 cm³/mol. The van der Waals surface area contributed by atoms with Crippen LogP contribution in [0.15, 0.2) is 85.2 Å². The van der Waals surface area contributed by atoms with Crippen LogP contribution in [-0.2, 0) is 24.3 Å². The number of hydrogen-bond acceptors (Lipinski definition) is 7. The topological polar surface area (TPSA) is 88.2 Å². The summed E-state index contributed by atoms with van der Waals surface area (Å²) < 4.78 is 4.56. The van der Waals surface area contributed by atoms with E-state index in [2.05, 4.69) is 96.5 Å². The average Bonchev–Trinajstić information content (AvgIpc) is 3.96. The molecular formula is C39H45N9O. The second kappa shape index (κ2) is 14.5. The number of hydrogen-bond donors (Lipinski definition) is 0. The minimum atomic E-state index is -0.0139. The highest BCUT2D eigenvalue weighted by Crippen LogP contribution is 2.29. The molecule has 10 heteroatoms. The van der Waals surface area contributed by atoms with Crippen LogP contribution in [-0.4, -0.2) is 68.2 Å². The third-order valence-corrected chi connectivity index (χ3v) is 9.63. The first-order valence-electron chi connectivity index (χ1n) is 17.5. The lowest BCUT2D eigenvalue weighted by Gasteiger charge is -2.19. The Morgan fingerprint density at radius 3 is 1.61 bits per heavy atom. The summed E-state index contributed by atoms with van der Waals surface area (Å²) in [5, 5.41) is 0. The fourth-order valence-electron chi connectivity index (χ4n) is 6.74. The SMILES string of the molecule is CC(=O)N(C)c1cnc2nc(N3CCCC3)n(Cc3ccccc3)c2c1.CCc1cnc2nc(N3CCCC3)n(Cc3ccccc3)c2c1. The van der Waals surface area contributed by atoms with Crippen LogP contribution < -0.4 is 14.7 Å². The number of aryl methyl sites for hydroxylation is 1. The van der Waals surface area contributed by atoms with Crippen molar-refractivity contribution in [1.82, 2.24) is 29.1 Å². The molecule has 0 saturated carbocycles. The number of pyridine rings is 2. The summed E-state index contributed by atoms with van der Waals surface area (Å²) in [5.41, 5.74) is 8.26. The van der Waals surface area contributed by atoms with E-state index in [0.29, 0.717) is 0 Å². The van der Waals surface area contributed by atoms with Crippen LogP contribution in [0.1, 0.15) is 56.2 Å². The summed E-state index contributed by atoms with van der Waals surface area (Å²) in [7, 11) is 1.77. The fraction of sp³-hybridized carbons (Fsp3) is 0.359. The molecule has 2 aliphatic rings. The van der Waals surface area contributed by atoms with Crippen molar-refractivity contribution in [3.63, 3.8) is 0 Å². The van der Waals surface area contributed by atoms with Gasteiger partial charge in [-0.2, -0.15) is 9.97 Å². The number of fused-ring (bicyclic) bond motifs is 2. The van der Waals surface area contributed by atoms with Crippen LogP contribution in [0.25, 0.3) is 22.3 Å². The Balaban J connectivity index is 0.000000155. The monoisotopic (exact) mass is 655 g/mol. The Kier molecular flexibility index (Phi) is 9.54. The highest BCUT2D eigenvalue weighted by Gasteiger charge is 2.23. The number of amides is 1. The summed E-state index contributed by atoms with van der Waals surface area (Å²) in [6.07, 6.45) is 9.57. The predicted octanol–water partition coefficient (Wildman–Crippen LogP) is 6.70. The maximum absolute atomic E-state index is 11.7. The van der Waals surface area contributed by atoms with Crippen LogP contribution in [0.3, 0.4) is 0 Å². The molecule has 2 fully saturated rings. The highest BCUT2D eigenvalue weighted by atomic mass is 16.2. The highest BCUT2D eigenvalue weighted by molar-refractivity contribution is 5.92. The van der Waals surface area contributed by atoms with Crippen molar-refractivity contribution < 1.29 is 4.79 Å². The molecule has 0 unspecified atom stereocenters. The molecule has 0 aliphatic carbocycles. The van der Waals surface area contributed by atoms with Crippen molar-refractivity contribution in [1.29, 1.82) is 0 Å². The molecule has 10 nitrogen and oxygen atoms in total. The zero-order valence-corrected chi connectivity index (χ0v) is 28.8. The van der Waals surface area contributed by atoms with Gasteiger partial charge in [-0.15, -0.1) is 0 Å². The van der Waals surface area contributed by atoms with Crippen LogP contribution >= 0.6 is 0 Å². The van der Waals surface area contributed by atoms with Crippen LogP contribution in [0.5, 0.6) is 0 Å². The molecule has 0 atom stereocenters. The summed E-state index contributed by atoms with van der Waals surface area (Å²) >= 11 is 0. The number of carbonyl (C=O) groups is 1. The largest absolute Gasteiger partial charge is 0.342 e. The van der Waals surface area contributed by atoms with Gasteiger partial charge in [0.25, 0.3) is 0 Å². The number of rotatable bonds is 8. The first kappa shape index (κ1) is 32.3. The third-order valence-electron chi connectivity index (χ3n) is 9.63. The van der Waals surface area contributed by atoms with Gasteiger partial charge in [0.05, 0.1) is 36.0 Å². The molecule has 4 aromatic heterocycles. The van der Waals surface area contributed by atoms with E-state index < -0.39 is 0 Å². The molecule has 2 aliphatic heterocycles. The lowest BCUT2D eigenvalue weighted by atomic mass is 10.2. The fourth-order valence-corrected chi connectivity index (χ4v) is 6.74. The smallest absolute Gasteiger partial charge is 0.223 e. The van der Waals surface area contributed by atoms with E-state index in [1.807, 2.05) is 18.3 Å². The van der Waals surface area contributed by atoms with Gasteiger partial charge in [-0.3, -0.25) is 4.79 Å². The Hall–Kier alpha value is -5.25. The number of aromatic nitrogens is 6. The molecule has 0 N–H and O–H groups in total. The molecule has 8 rings (SSSR count). The van der Waals surface area contributed by atoms with E-state index in [-0.39, 0.29) is 5.91 Å². The van der Waals surface area contributed by atoms with Crippen LogP contribution in [0.4, 0.5) is 17.6 Å². The van der Waals surface area contributed by atoms with Gasteiger partial charge in [0, 0.05) is 46.3 Å². The molecule has 2 aromatic carbocycles. The standard InChI is InChI=1S/C20H23N5O.C19H22N4/c1-15(26)23(2)17-12-18-19(21-13-17)22-20(24-10-6-7-11-24)25(18)14-16-8-4-3-5-9-16;1-2-15-12-17-18(20-13-15)21-19(22-10-6-7-11-22)23(17)14-16-8-4-3-5-9-16/h3-5,8-9,12-13H,6-7,10-11,14H2,1-2H3;3-5,8-9,12-13H,2,6-7,10-11,14H2,1H3. The Bertz CT molecular complexity index is 2020. The van der Waals surface area contributed by atoms with Crippen LogP contribution in [0.2, 0.25) is 0 Å². The minimum absolute atomic E-state index is 0.0139. The Morgan fingerprint density at radius 1 is 0.673 bits per heavy atom. The zero-order chi connectivity index (χ0) is 33.7. The number of imidazole rings is 2. The van der Waals surface area contributed by atoms with Gasteiger partial charge in [0.2, 0.25) is 17.8 Å². The number of benzene rings is 2. The van der Waals surface area contributed by atoms with Gasteiger partial charge in [0.15, 0.2) is 11.3 Å². The normalized spacial score (nSPS) is 14.4. The lowest BCUT2D eigenvalue weighted by molar-refractivity contribution is -0.116. The molecule has 0 radical (unpaired) electrons. The third kappa shape index (κ3) is 6.99. The lowest BCUT2D eigenvalue weighted by Crippen LogP contribution is -2.23. The van der Waals surface area contributed by atoms with Gasteiger partial charge < -0.3 is 23.8 Å². The molecule has 2 saturated heterocycles. The second-order valence-corrected chi connectivity index (χ2v) is 13.0. The Labute approximate surface area is 288 Å². The van der Waals surface area contributed by atoms with Crippen molar-refractivity contribution >= 4 is 45.8 Å². The molecule has 49 heavy (non-hydrogen) atoms. The maximum atomic E-state index is 11.7. The quantitative estimate of drug-likeness (QED) is 0.180. The molecule has 0 bridgehead atoms. The van der Waals surface area contributed by atoms with Gasteiger partial charge >= 0.3 is 0 Å². The maximum Gasteiger partial charge on any atom is 0.223 e. The van der Waals surface area contributed by atoms with E-state index in [0.717, 1.165) is 85.6 Å². The summed E-state index contributed by atoms with van der Waals surface area (Å²) in [4.78, 5) is 36.9. The first-order chi connectivity index (χ1) is 24.0. The van der Waals surface area contributed by atoms with E-state index in [1.54, 1.807) is 25.1 Å². The number of carbonyl (C=O) groups excluding carboxylic acids is 1. The van der Waals surface area contributed by atoms with Crippen molar-refractivity contribution in [2.45, 2.75) is 59.0 Å². The average molecular weight is 656 g/mol. The molecule has 0 spiro atoms. The van der Waals surface area contributed by atoms with E-state index in [4.69, 9.17) is 9.97 Å². The van der Waals surface area contributed by atoms with Gasteiger partial charge in [-0.25, -0.2) is 9.97 Å². The van der Waals surface area contributed by atoms with E-state index in [9.17, 15) is 4.79 Å². The van der Waals surface area contributed by atoms with Crippen LogP contribution in [0, 0.1) is 0 Å². The first-order valence-corrected chi connectivity index (χ1v) is 17.5. The zero-order valence-electron chi connectivity index (χ0n) is 28.8. The van der Waals surface area contributed by atoms with Crippen molar-refractivity contribution in [2.75, 3.05) is 47.9 Å². The van der Waals surface area contributed by atoms with Crippen molar-refractivity contribution in [3.8, 4) is 0 Å². The second-order valence-electron chi connectivity index (χ2n) is 13.0. The Morgan fingerprint density at radius 2 is 1.14 bits per heavy atom. The van der Waals surface area contributed by atoms with Crippen molar-refractivity contribution in [2.24, 2.45) is 0 Å². The molecule has 1 amide bonds. The van der Waals surface area contributed by atoms with Gasteiger partial charge in [-0.1, -0.05) is 67.6 Å². The van der Waals surface area contributed by atoms with Gasteiger partial charge in [-0.05, 0) is 60.9 Å². The van der Waals surface area contributed by atoms with E-state index >= 15 is 0 Å². The summed E-state index contributed by atoms with van der Waals surface area (Å²) in [5.74, 6) is 2.03. The number of nitrogens with zero attached hydrogens (tertiary/aromatic N) is 9. The molecule has 6 aromatic rings. The summed E-state index contributed by atoms with van der Waals surface area (Å²) in [6.45, 7) is 9.55. The summed E-state index contributed by atoms with van der Waals surface area (Å²) in [6, 6.07) is 25.3. The van der Waals surface area contributed by atoms with Gasteiger partial charge in [0.1, 0.15) is 0 Å². The number of anilines is 3. The van der Waals surface area contributed by atoms with Crippen molar-refractivity contribution in [3.05, 3.63) is 102 Å². The minimum Gasteiger partial charge on any atom is -0.342 e. The molecule has 252 valence electrons. The molecule has 6 heterocycles.